The van der Waals surface area contributed by atoms with Crippen LogP contribution < -0.4 is 5.32 Å². The van der Waals surface area contributed by atoms with Crippen LogP contribution in [0.3, 0.4) is 0 Å². The van der Waals surface area contributed by atoms with Gasteiger partial charge in [-0.25, -0.2) is 0 Å². The summed E-state index contributed by atoms with van der Waals surface area (Å²) in [6.45, 7) is 3.83. The third-order valence-corrected chi connectivity index (χ3v) is 4.57. The Morgan fingerprint density at radius 2 is 1.72 bits per heavy atom. The van der Waals surface area contributed by atoms with Crippen molar-refractivity contribution < 1.29 is 9.59 Å². The van der Waals surface area contributed by atoms with Crippen LogP contribution in [0.5, 0.6) is 0 Å². The van der Waals surface area contributed by atoms with E-state index in [1.165, 1.54) is 4.90 Å². The number of benzene rings is 2. The Bertz CT molecular complexity index is 786. The molecule has 132 valence electrons. The number of amides is 2. The number of nitrogens with zero attached hydrogens (tertiary/aromatic N) is 1. The number of likely N-dealkylation sites (N-methyl/N-ethyl adjacent to an activating group) is 1. The van der Waals surface area contributed by atoms with Crippen LogP contribution in [0.1, 0.15) is 16.7 Å². The van der Waals surface area contributed by atoms with Crippen molar-refractivity contribution in [1.29, 1.82) is 0 Å². The number of nitrogens with one attached hydrogen (secondary N) is 1. The van der Waals surface area contributed by atoms with E-state index in [0.29, 0.717) is 15.6 Å². The third kappa shape index (κ3) is 5.21. The summed E-state index contributed by atoms with van der Waals surface area (Å²) >= 11 is 12.2. The van der Waals surface area contributed by atoms with Gasteiger partial charge in [-0.1, -0.05) is 41.4 Å². The number of aryl methyl sites for hydroxylation is 2. The molecule has 4 nitrogen and oxygen atoms in total. The molecule has 2 amide bonds. The van der Waals surface area contributed by atoms with Gasteiger partial charge in [0.15, 0.2) is 0 Å². The van der Waals surface area contributed by atoms with Crippen LogP contribution in [0, 0.1) is 13.8 Å². The Balaban J connectivity index is 1.98. The molecule has 0 spiro atoms. The van der Waals surface area contributed by atoms with Gasteiger partial charge in [-0.15, -0.1) is 0 Å². The van der Waals surface area contributed by atoms with Gasteiger partial charge in [-0.05, 0) is 48.7 Å². The molecule has 0 aliphatic rings. The lowest BCUT2D eigenvalue weighted by atomic mass is 10.1. The predicted molar refractivity (Wildman–Crippen MR) is 102 cm³/mol. The average Bonchev–Trinajstić information content (AvgIpc) is 2.54. The van der Waals surface area contributed by atoms with E-state index in [1.807, 2.05) is 32.0 Å². The molecule has 0 saturated carbocycles. The maximum Gasteiger partial charge on any atom is 0.243 e. The van der Waals surface area contributed by atoms with Crippen LogP contribution in [0.4, 0.5) is 5.69 Å². The van der Waals surface area contributed by atoms with Crippen molar-refractivity contribution >= 4 is 40.7 Å². The second kappa shape index (κ2) is 8.37. The first-order chi connectivity index (χ1) is 11.8. The van der Waals surface area contributed by atoms with Crippen molar-refractivity contribution in [3.8, 4) is 0 Å². The second-order valence-corrected chi connectivity index (χ2v) is 6.81. The lowest BCUT2D eigenvalue weighted by Crippen LogP contribution is -2.36. The van der Waals surface area contributed by atoms with E-state index >= 15 is 0 Å². The first-order valence-electron chi connectivity index (χ1n) is 7.82. The van der Waals surface area contributed by atoms with Crippen molar-refractivity contribution in [3.05, 3.63) is 63.1 Å². The predicted octanol–water partition coefficient (Wildman–Crippen LogP) is 4.25. The van der Waals surface area contributed by atoms with Gasteiger partial charge in [0, 0.05) is 22.8 Å². The summed E-state index contributed by atoms with van der Waals surface area (Å²) < 4.78 is 0. The number of hydrogen-bond acceptors (Lipinski definition) is 2. The number of carbonyl (C=O) groups excluding carboxylic acids is 2. The molecule has 25 heavy (non-hydrogen) atoms. The zero-order chi connectivity index (χ0) is 18.6. The van der Waals surface area contributed by atoms with Gasteiger partial charge in [-0.2, -0.15) is 0 Å². The fourth-order valence-corrected chi connectivity index (χ4v) is 2.88. The molecule has 0 bridgehead atoms. The minimum Gasteiger partial charge on any atom is -0.336 e. The van der Waals surface area contributed by atoms with Gasteiger partial charge >= 0.3 is 0 Å². The van der Waals surface area contributed by atoms with Crippen LogP contribution in [-0.2, 0) is 16.0 Å². The van der Waals surface area contributed by atoms with Gasteiger partial charge in [0.25, 0.3) is 0 Å². The number of rotatable bonds is 5. The first kappa shape index (κ1) is 19.3. The Morgan fingerprint density at radius 1 is 1.08 bits per heavy atom. The molecule has 0 heterocycles. The van der Waals surface area contributed by atoms with Crippen LogP contribution in [0.2, 0.25) is 10.0 Å². The largest absolute Gasteiger partial charge is 0.336 e. The van der Waals surface area contributed by atoms with Gasteiger partial charge in [0.05, 0.1) is 13.0 Å². The van der Waals surface area contributed by atoms with Gasteiger partial charge in [0.1, 0.15) is 0 Å². The molecular weight excluding hydrogens is 359 g/mol. The van der Waals surface area contributed by atoms with E-state index in [0.717, 1.165) is 16.8 Å². The van der Waals surface area contributed by atoms with Crippen LogP contribution in [0.25, 0.3) is 0 Å². The Kier molecular flexibility index (Phi) is 6.45. The monoisotopic (exact) mass is 378 g/mol. The van der Waals surface area contributed by atoms with E-state index in [4.69, 9.17) is 23.2 Å². The fourth-order valence-electron chi connectivity index (χ4n) is 2.35. The molecule has 0 aliphatic carbocycles. The minimum absolute atomic E-state index is 0.0473. The number of halogens is 2. The summed E-state index contributed by atoms with van der Waals surface area (Å²) in [5, 5.41) is 3.72. The maximum absolute atomic E-state index is 12.4. The highest BCUT2D eigenvalue weighted by Gasteiger charge is 2.17. The highest BCUT2D eigenvalue weighted by atomic mass is 35.5. The molecule has 0 fully saturated rings. The van der Waals surface area contributed by atoms with E-state index in [2.05, 4.69) is 5.32 Å². The number of hydrogen-bond donors (Lipinski definition) is 1. The highest BCUT2D eigenvalue weighted by molar-refractivity contribution is 6.36. The molecule has 2 aromatic rings. The van der Waals surface area contributed by atoms with Gasteiger partial charge in [0.2, 0.25) is 11.8 Å². The summed E-state index contributed by atoms with van der Waals surface area (Å²) in [5.41, 5.74) is 3.34. The molecule has 0 aromatic heterocycles. The van der Waals surface area contributed by atoms with E-state index in [9.17, 15) is 9.59 Å². The number of anilines is 1. The molecule has 0 unspecified atom stereocenters. The molecule has 0 radical (unpaired) electrons. The second-order valence-electron chi connectivity index (χ2n) is 5.99. The maximum atomic E-state index is 12.4. The minimum atomic E-state index is -0.255. The van der Waals surface area contributed by atoms with Crippen molar-refractivity contribution in [2.75, 3.05) is 18.9 Å². The van der Waals surface area contributed by atoms with E-state index in [-0.39, 0.29) is 24.8 Å². The average molecular weight is 379 g/mol. The molecule has 2 aromatic carbocycles. The topological polar surface area (TPSA) is 49.4 Å². The Morgan fingerprint density at radius 3 is 2.36 bits per heavy atom. The Labute approximate surface area is 157 Å². The molecule has 6 heteroatoms. The molecule has 0 saturated heterocycles. The first-order valence-corrected chi connectivity index (χ1v) is 8.57. The number of carbonyl (C=O) groups is 2. The van der Waals surface area contributed by atoms with Gasteiger partial charge in [-0.3, -0.25) is 9.59 Å². The standard InChI is InChI=1S/C19H20Cl2N2O2/c1-12-7-8-13(2)17(9-12)22-18(24)11-23(3)19(25)10-14-15(20)5-4-6-16(14)21/h4-9H,10-11H2,1-3H3,(H,22,24). The quantitative estimate of drug-likeness (QED) is 0.845. The summed E-state index contributed by atoms with van der Waals surface area (Å²) in [7, 11) is 1.58. The van der Waals surface area contributed by atoms with E-state index in [1.54, 1.807) is 25.2 Å². The fraction of sp³-hybridized carbons (Fsp3) is 0.263. The zero-order valence-electron chi connectivity index (χ0n) is 14.4. The summed E-state index contributed by atoms with van der Waals surface area (Å²) in [6, 6.07) is 10.9. The summed E-state index contributed by atoms with van der Waals surface area (Å²) in [4.78, 5) is 25.9. The summed E-state index contributed by atoms with van der Waals surface area (Å²) in [5.74, 6) is -0.485. The molecule has 2 rings (SSSR count). The molecule has 0 aliphatic heterocycles. The van der Waals surface area contributed by atoms with Crippen molar-refractivity contribution in [1.82, 2.24) is 4.90 Å². The van der Waals surface area contributed by atoms with Crippen molar-refractivity contribution in [2.24, 2.45) is 0 Å². The third-order valence-electron chi connectivity index (χ3n) is 3.86. The summed E-state index contributed by atoms with van der Waals surface area (Å²) in [6.07, 6.45) is 0.0474. The zero-order valence-corrected chi connectivity index (χ0v) is 15.9. The van der Waals surface area contributed by atoms with Crippen LogP contribution >= 0.6 is 23.2 Å². The van der Waals surface area contributed by atoms with Crippen molar-refractivity contribution in [2.45, 2.75) is 20.3 Å². The molecular formula is C19H20Cl2N2O2. The normalized spacial score (nSPS) is 10.4. The molecule has 0 atom stereocenters. The smallest absolute Gasteiger partial charge is 0.243 e. The Hall–Kier alpha value is -2.04. The lowest BCUT2D eigenvalue weighted by molar-refractivity contribution is -0.132. The SMILES string of the molecule is Cc1ccc(C)c(NC(=O)CN(C)C(=O)Cc2c(Cl)cccc2Cl)c1. The van der Waals surface area contributed by atoms with Crippen molar-refractivity contribution in [3.63, 3.8) is 0 Å². The highest BCUT2D eigenvalue weighted by Crippen LogP contribution is 2.25. The van der Waals surface area contributed by atoms with Crippen LogP contribution in [-0.4, -0.2) is 30.3 Å². The van der Waals surface area contributed by atoms with Crippen LogP contribution in [0.15, 0.2) is 36.4 Å². The van der Waals surface area contributed by atoms with E-state index < -0.39 is 0 Å². The van der Waals surface area contributed by atoms with Gasteiger partial charge < -0.3 is 10.2 Å². The molecule has 1 N–H and O–H groups in total. The lowest BCUT2D eigenvalue weighted by Gasteiger charge is -2.18.